The first kappa shape index (κ1) is 41.5. The van der Waals surface area contributed by atoms with E-state index < -0.39 is 22.8 Å². The predicted octanol–water partition coefficient (Wildman–Crippen LogP) is 8.44. The van der Waals surface area contributed by atoms with E-state index in [1.54, 1.807) is 32.8 Å². The van der Waals surface area contributed by atoms with Crippen LogP contribution in [-0.4, -0.2) is 66.8 Å². The van der Waals surface area contributed by atoms with Gasteiger partial charge in [-0.05, 0) is 81.4 Å². The maximum atomic E-state index is 14.1. The second-order valence-corrected chi connectivity index (χ2v) is 13.6. The van der Waals surface area contributed by atoms with Crippen LogP contribution in [0.5, 0.6) is 0 Å². The van der Waals surface area contributed by atoms with Gasteiger partial charge < -0.3 is 19.4 Å². The Morgan fingerprint density at radius 1 is 0.714 bits per heavy atom. The van der Waals surface area contributed by atoms with Crippen molar-refractivity contribution in [3.63, 3.8) is 0 Å². The number of rotatable bonds is 16. The SMILES string of the molecule is CCOC(=O)C1=C(C(C)C)/C(=C/c2[nH]c(N(C)C(=O)C(CC)(CC)CC)c(C(=O)OCC)c2C(C)C)N=C1N(C)C(=O)C(CC)(CC)CC. The van der Waals surface area contributed by atoms with Gasteiger partial charge in [-0.25, -0.2) is 14.6 Å². The number of ether oxygens (including phenoxy) is 2. The number of likely N-dealkylation sites (N-methyl/N-ethyl adjacent to an activating group) is 1. The third-order valence-electron chi connectivity index (χ3n) is 10.7. The first-order valence-corrected chi connectivity index (χ1v) is 18.3. The molecule has 0 saturated heterocycles. The monoisotopic (exact) mass is 682 g/mol. The Bertz CT molecular complexity index is 1450. The lowest BCUT2D eigenvalue weighted by molar-refractivity contribution is -0.138. The molecule has 2 heterocycles. The van der Waals surface area contributed by atoms with Crippen molar-refractivity contribution >= 4 is 41.5 Å². The van der Waals surface area contributed by atoms with Gasteiger partial charge in [0.05, 0.1) is 18.9 Å². The zero-order valence-electron chi connectivity index (χ0n) is 32.7. The molecule has 0 radical (unpaired) electrons. The number of nitrogens with one attached hydrogen (secondary N) is 1. The second kappa shape index (κ2) is 17.3. The number of carbonyl (C=O) groups is 4. The van der Waals surface area contributed by atoms with Crippen LogP contribution in [0.3, 0.4) is 0 Å². The summed E-state index contributed by atoms with van der Waals surface area (Å²) in [5.41, 5.74) is 1.73. The third-order valence-corrected chi connectivity index (χ3v) is 10.7. The van der Waals surface area contributed by atoms with Gasteiger partial charge in [-0.1, -0.05) is 69.2 Å². The summed E-state index contributed by atoms with van der Waals surface area (Å²) in [4.78, 5) is 67.0. The van der Waals surface area contributed by atoms with Crippen molar-refractivity contribution in [3.8, 4) is 0 Å². The van der Waals surface area contributed by atoms with Crippen molar-refractivity contribution in [1.82, 2.24) is 9.88 Å². The number of amidine groups is 1. The highest BCUT2D eigenvalue weighted by Crippen LogP contribution is 2.41. The van der Waals surface area contributed by atoms with Gasteiger partial charge in [-0.3, -0.25) is 14.5 Å². The van der Waals surface area contributed by atoms with E-state index in [1.807, 2.05) is 75.3 Å². The highest BCUT2D eigenvalue weighted by atomic mass is 16.5. The fourth-order valence-corrected chi connectivity index (χ4v) is 7.17. The van der Waals surface area contributed by atoms with Crippen LogP contribution in [0.25, 0.3) is 6.08 Å². The Morgan fingerprint density at radius 3 is 1.57 bits per heavy atom. The smallest absolute Gasteiger partial charge is 0.342 e. The molecule has 1 aliphatic heterocycles. The Kier molecular flexibility index (Phi) is 14.6. The highest BCUT2D eigenvalue weighted by molar-refractivity contribution is 6.25. The number of aromatic nitrogens is 1. The van der Waals surface area contributed by atoms with Crippen molar-refractivity contribution in [2.24, 2.45) is 21.7 Å². The van der Waals surface area contributed by atoms with E-state index >= 15 is 0 Å². The normalized spacial score (nSPS) is 14.5. The molecule has 0 atom stereocenters. The quantitative estimate of drug-likeness (QED) is 0.175. The number of hydrogen-bond donors (Lipinski definition) is 1. The van der Waals surface area contributed by atoms with Gasteiger partial charge in [-0.15, -0.1) is 0 Å². The Morgan fingerprint density at radius 2 is 1.16 bits per heavy atom. The Hall–Kier alpha value is -3.69. The van der Waals surface area contributed by atoms with Crippen molar-refractivity contribution in [2.45, 2.75) is 128 Å². The summed E-state index contributed by atoms with van der Waals surface area (Å²) in [5.74, 6) is -0.995. The molecule has 274 valence electrons. The summed E-state index contributed by atoms with van der Waals surface area (Å²) in [6.07, 6.45) is 5.74. The molecule has 1 N–H and O–H groups in total. The third kappa shape index (κ3) is 7.88. The predicted molar refractivity (Wildman–Crippen MR) is 198 cm³/mol. The molecule has 1 aromatic rings. The van der Waals surface area contributed by atoms with Crippen molar-refractivity contribution < 1.29 is 28.7 Å². The zero-order valence-corrected chi connectivity index (χ0v) is 32.7. The minimum atomic E-state index is -0.600. The molecule has 10 heteroatoms. The molecule has 0 aromatic carbocycles. The number of aliphatic imine (C=N–C) groups is 1. The first-order chi connectivity index (χ1) is 23.1. The van der Waals surface area contributed by atoms with Crippen molar-refractivity contribution in [3.05, 3.63) is 33.7 Å². The summed E-state index contributed by atoms with van der Waals surface area (Å²) in [5, 5.41) is 0. The number of allylic oxidation sites excluding steroid dienone is 1. The molecule has 0 fully saturated rings. The summed E-state index contributed by atoms with van der Waals surface area (Å²) in [6, 6.07) is 0. The standard InChI is InChI=1S/C39H62N4O6/c1-15-38(16-2,17-3)36(46)42(13)32-30(34(44)48-21-7)28(24(9)10)26(40-32)23-27-29(25(11)12)31(35(45)49-22-8)33(41-27)43(14)37(47)39(18-4,19-5)20-6/h23-25,40H,15-22H2,1-14H3/b27-23-. The fraction of sp³-hybridized carbons (Fsp3) is 0.667. The van der Waals surface area contributed by atoms with Gasteiger partial charge in [0, 0.05) is 30.6 Å². The van der Waals surface area contributed by atoms with Gasteiger partial charge in [0.15, 0.2) is 5.84 Å². The van der Waals surface area contributed by atoms with Gasteiger partial charge >= 0.3 is 11.9 Å². The average Bonchev–Trinajstić information content (AvgIpc) is 3.66. The van der Waals surface area contributed by atoms with E-state index in [0.29, 0.717) is 72.4 Å². The lowest BCUT2D eigenvalue weighted by Crippen LogP contribution is -2.45. The number of anilines is 1. The van der Waals surface area contributed by atoms with E-state index in [9.17, 15) is 19.2 Å². The summed E-state index contributed by atoms with van der Waals surface area (Å²) < 4.78 is 11.1. The zero-order chi connectivity index (χ0) is 37.4. The molecule has 0 saturated carbocycles. The molecule has 0 unspecified atom stereocenters. The van der Waals surface area contributed by atoms with Gasteiger partial charge in [0.1, 0.15) is 17.0 Å². The second-order valence-electron chi connectivity index (χ2n) is 13.6. The molecule has 1 aliphatic rings. The molecule has 0 aliphatic carbocycles. The van der Waals surface area contributed by atoms with Crippen LogP contribution in [-0.2, 0) is 23.9 Å². The summed E-state index contributed by atoms with van der Waals surface area (Å²) in [6.45, 7) is 23.8. The number of amides is 2. The van der Waals surface area contributed by atoms with Crippen molar-refractivity contribution in [1.29, 1.82) is 0 Å². The minimum Gasteiger partial charge on any atom is -0.462 e. The molecule has 1 aromatic heterocycles. The van der Waals surface area contributed by atoms with Crippen molar-refractivity contribution in [2.75, 3.05) is 32.2 Å². The Balaban J connectivity index is 3.04. The van der Waals surface area contributed by atoms with E-state index in [1.165, 1.54) is 4.90 Å². The number of aromatic amines is 1. The molecular weight excluding hydrogens is 620 g/mol. The number of H-pyrrole nitrogens is 1. The van der Waals surface area contributed by atoms with Crippen LogP contribution >= 0.6 is 0 Å². The van der Waals surface area contributed by atoms with E-state index in [-0.39, 0.29) is 48.3 Å². The largest absolute Gasteiger partial charge is 0.462 e. The van der Waals surface area contributed by atoms with Crippen LogP contribution in [0, 0.1) is 16.7 Å². The van der Waals surface area contributed by atoms with Crippen LogP contribution < -0.4 is 4.90 Å². The highest BCUT2D eigenvalue weighted by Gasteiger charge is 2.42. The summed E-state index contributed by atoms with van der Waals surface area (Å²) >= 11 is 0. The number of esters is 2. The molecule has 2 rings (SSSR count). The maximum Gasteiger partial charge on any atom is 0.342 e. The van der Waals surface area contributed by atoms with E-state index in [2.05, 4.69) is 4.98 Å². The van der Waals surface area contributed by atoms with Gasteiger partial charge in [0.2, 0.25) is 11.8 Å². The lowest BCUT2D eigenvalue weighted by atomic mass is 9.78. The average molecular weight is 683 g/mol. The molecule has 2 amide bonds. The van der Waals surface area contributed by atoms with Crippen LogP contribution in [0.15, 0.2) is 21.8 Å². The van der Waals surface area contributed by atoms with Gasteiger partial charge in [0.25, 0.3) is 0 Å². The van der Waals surface area contributed by atoms with Gasteiger partial charge in [-0.2, -0.15) is 0 Å². The lowest BCUT2D eigenvalue weighted by Gasteiger charge is -2.33. The summed E-state index contributed by atoms with van der Waals surface area (Å²) in [7, 11) is 3.37. The maximum absolute atomic E-state index is 14.1. The number of carbonyl (C=O) groups excluding carboxylic acids is 4. The number of hydrogen-bond acceptors (Lipinski definition) is 7. The van der Waals surface area contributed by atoms with E-state index in [4.69, 9.17) is 14.5 Å². The topological polar surface area (TPSA) is 121 Å². The fourth-order valence-electron chi connectivity index (χ4n) is 7.17. The molecule has 10 nitrogen and oxygen atoms in total. The first-order valence-electron chi connectivity index (χ1n) is 18.3. The van der Waals surface area contributed by atoms with Crippen LogP contribution in [0.1, 0.15) is 149 Å². The molecule has 49 heavy (non-hydrogen) atoms. The van der Waals surface area contributed by atoms with Crippen LogP contribution in [0.4, 0.5) is 5.82 Å². The Labute approximate surface area is 294 Å². The molecule has 0 bridgehead atoms. The minimum absolute atomic E-state index is 0.0822. The van der Waals surface area contributed by atoms with Crippen LogP contribution in [0.2, 0.25) is 0 Å². The molecular formula is C39H62N4O6. The molecule has 0 spiro atoms. The number of nitrogens with zero attached hydrogens (tertiary/aromatic N) is 3. The van der Waals surface area contributed by atoms with E-state index in [0.717, 1.165) is 0 Å².